The second kappa shape index (κ2) is 4.44. The van der Waals surface area contributed by atoms with Gasteiger partial charge in [-0.3, -0.25) is 9.48 Å². The highest BCUT2D eigenvalue weighted by Crippen LogP contribution is 2.09. The molecular formula is C10H16N4O. The molecule has 1 saturated heterocycles. The summed E-state index contributed by atoms with van der Waals surface area (Å²) in [5.74, 6) is 0.642. The van der Waals surface area contributed by atoms with Crippen molar-refractivity contribution in [2.45, 2.75) is 25.3 Å². The Balaban J connectivity index is 1.91. The molecule has 1 aliphatic heterocycles. The van der Waals surface area contributed by atoms with Crippen molar-refractivity contribution in [3.05, 3.63) is 12.3 Å². The molecule has 1 atom stereocenters. The molecule has 15 heavy (non-hydrogen) atoms. The summed E-state index contributed by atoms with van der Waals surface area (Å²) in [4.78, 5) is 11.8. The summed E-state index contributed by atoms with van der Waals surface area (Å²) < 4.78 is 1.67. The zero-order valence-electron chi connectivity index (χ0n) is 8.86. The van der Waals surface area contributed by atoms with Gasteiger partial charge in [-0.15, -0.1) is 0 Å². The number of carbonyl (C=O) groups is 1. The van der Waals surface area contributed by atoms with Gasteiger partial charge in [0.15, 0.2) is 5.82 Å². The number of anilines is 1. The minimum Gasteiger partial charge on any atom is -0.308 e. The number of aromatic nitrogens is 2. The van der Waals surface area contributed by atoms with Crippen LogP contribution in [0.3, 0.4) is 0 Å². The summed E-state index contributed by atoms with van der Waals surface area (Å²) in [6, 6.07) is 1.74. The van der Waals surface area contributed by atoms with Gasteiger partial charge in [-0.2, -0.15) is 5.10 Å². The van der Waals surface area contributed by atoms with E-state index in [1.165, 1.54) is 0 Å². The van der Waals surface area contributed by atoms with Crippen LogP contribution in [0.5, 0.6) is 0 Å². The molecule has 1 aromatic heterocycles. The fraction of sp³-hybridized carbons (Fsp3) is 0.600. The Hall–Kier alpha value is -1.36. The first-order valence-electron chi connectivity index (χ1n) is 5.29. The highest BCUT2D eigenvalue weighted by molar-refractivity contribution is 5.94. The van der Waals surface area contributed by atoms with Gasteiger partial charge in [-0.05, 0) is 19.4 Å². The highest BCUT2D eigenvalue weighted by atomic mass is 16.2. The molecule has 1 fully saturated rings. The van der Waals surface area contributed by atoms with Crippen LogP contribution < -0.4 is 10.6 Å². The summed E-state index contributed by atoms with van der Waals surface area (Å²) in [6.45, 7) is 0.931. The first-order valence-corrected chi connectivity index (χ1v) is 5.29. The number of hydrogen-bond acceptors (Lipinski definition) is 3. The molecule has 2 rings (SSSR count). The molecule has 82 valence electrons. The molecule has 0 aromatic carbocycles. The summed E-state index contributed by atoms with van der Waals surface area (Å²) in [5.41, 5.74) is 0. The van der Waals surface area contributed by atoms with E-state index in [0.29, 0.717) is 5.82 Å². The van der Waals surface area contributed by atoms with Crippen LogP contribution in [-0.4, -0.2) is 28.3 Å². The highest BCUT2D eigenvalue weighted by Gasteiger charge is 2.20. The van der Waals surface area contributed by atoms with E-state index in [2.05, 4.69) is 15.7 Å². The van der Waals surface area contributed by atoms with E-state index in [4.69, 9.17) is 0 Å². The Morgan fingerprint density at radius 3 is 3.13 bits per heavy atom. The summed E-state index contributed by atoms with van der Waals surface area (Å²) in [5, 5.41) is 10.1. The average Bonchev–Trinajstić information content (AvgIpc) is 2.65. The molecular weight excluding hydrogens is 192 g/mol. The molecule has 1 amide bonds. The molecule has 0 unspecified atom stereocenters. The molecule has 0 radical (unpaired) electrons. The van der Waals surface area contributed by atoms with E-state index in [1.54, 1.807) is 10.7 Å². The van der Waals surface area contributed by atoms with Crippen molar-refractivity contribution in [2.24, 2.45) is 7.05 Å². The molecule has 5 heteroatoms. The van der Waals surface area contributed by atoms with Gasteiger partial charge in [0.1, 0.15) is 0 Å². The van der Waals surface area contributed by atoms with Crippen LogP contribution in [0.4, 0.5) is 5.82 Å². The quantitative estimate of drug-likeness (QED) is 0.744. The number of nitrogens with one attached hydrogen (secondary N) is 2. The Kier molecular flexibility index (Phi) is 3.01. The number of rotatable bonds is 2. The second-order valence-electron chi connectivity index (χ2n) is 3.87. The smallest absolute Gasteiger partial charge is 0.242 e. The maximum Gasteiger partial charge on any atom is 0.242 e. The van der Waals surface area contributed by atoms with Crippen molar-refractivity contribution < 1.29 is 4.79 Å². The first kappa shape index (κ1) is 10.2. The molecule has 1 aliphatic rings. The van der Waals surface area contributed by atoms with Gasteiger partial charge in [0.25, 0.3) is 0 Å². The van der Waals surface area contributed by atoms with Crippen LogP contribution in [0.15, 0.2) is 12.3 Å². The van der Waals surface area contributed by atoms with Gasteiger partial charge in [-0.25, -0.2) is 0 Å². The van der Waals surface area contributed by atoms with Gasteiger partial charge >= 0.3 is 0 Å². The van der Waals surface area contributed by atoms with Gasteiger partial charge in [-0.1, -0.05) is 6.42 Å². The zero-order chi connectivity index (χ0) is 10.7. The van der Waals surface area contributed by atoms with Gasteiger partial charge < -0.3 is 10.6 Å². The monoisotopic (exact) mass is 208 g/mol. The third-order valence-corrected chi connectivity index (χ3v) is 2.59. The van der Waals surface area contributed by atoms with Crippen molar-refractivity contribution in [3.63, 3.8) is 0 Å². The standard InChI is InChI=1S/C10H16N4O/c1-14-7-5-9(13-14)12-10(15)8-4-2-3-6-11-8/h5,7-8,11H,2-4,6H2,1H3,(H,12,13,15)/t8-/m0/s1. The minimum absolute atomic E-state index is 0.0217. The van der Waals surface area contributed by atoms with E-state index in [0.717, 1.165) is 25.8 Å². The predicted molar refractivity (Wildman–Crippen MR) is 57.5 cm³/mol. The molecule has 5 nitrogen and oxygen atoms in total. The number of piperidine rings is 1. The van der Waals surface area contributed by atoms with Crippen molar-refractivity contribution in [3.8, 4) is 0 Å². The SMILES string of the molecule is Cn1ccc(NC(=O)[C@@H]2CCCCN2)n1. The van der Waals surface area contributed by atoms with Crippen molar-refractivity contribution in [1.82, 2.24) is 15.1 Å². The Bertz CT molecular complexity index is 341. The number of carbonyl (C=O) groups excluding carboxylic acids is 1. The van der Waals surface area contributed by atoms with E-state index < -0.39 is 0 Å². The Morgan fingerprint density at radius 1 is 1.67 bits per heavy atom. The minimum atomic E-state index is -0.0549. The number of aryl methyl sites for hydroxylation is 1. The van der Waals surface area contributed by atoms with E-state index >= 15 is 0 Å². The van der Waals surface area contributed by atoms with Crippen LogP contribution >= 0.6 is 0 Å². The van der Waals surface area contributed by atoms with Crippen LogP contribution in [0.25, 0.3) is 0 Å². The molecule has 1 aromatic rings. The molecule has 0 aliphatic carbocycles. The summed E-state index contributed by atoms with van der Waals surface area (Å²) in [7, 11) is 1.83. The van der Waals surface area contributed by atoms with Crippen LogP contribution in [-0.2, 0) is 11.8 Å². The Morgan fingerprint density at radius 2 is 2.53 bits per heavy atom. The van der Waals surface area contributed by atoms with E-state index in [-0.39, 0.29) is 11.9 Å². The topological polar surface area (TPSA) is 59.0 Å². The number of nitrogens with zero attached hydrogens (tertiary/aromatic N) is 2. The van der Waals surface area contributed by atoms with Crippen molar-refractivity contribution >= 4 is 11.7 Å². The fourth-order valence-corrected chi connectivity index (χ4v) is 1.77. The maximum absolute atomic E-state index is 11.8. The van der Waals surface area contributed by atoms with Crippen molar-refractivity contribution in [2.75, 3.05) is 11.9 Å². The normalized spacial score (nSPS) is 21.3. The van der Waals surface area contributed by atoms with E-state index in [1.807, 2.05) is 13.2 Å². The van der Waals surface area contributed by atoms with Crippen LogP contribution in [0.2, 0.25) is 0 Å². The third-order valence-electron chi connectivity index (χ3n) is 2.59. The molecule has 0 spiro atoms. The van der Waals surface area contributed by atoms with Crippen molar-refractivity contribution in [1.29, 1.82) is 0 Å². The largest absolute Gasteiger partial charge is 0.308 e. The van der Waals surface area contributed by atoms with Gasteiger partial charge in [0.05, 0.1) is 6.04 Å². The number of amides is 1. The molecule has 0 bridgehead atoms. The zero-order valence-corrected chi connectivity index (χ0v) is 8.86. The molecule has 0 saturated carbocycles. The summed E-state index contributed by atoms with van der Waals surface area (Å²) >= 11 is 0. The molecule has 2 N–H and O–H groups in total. The Labute approximate surface area is 88.8 Å². The van der Waals surface area contributed by atoms with Crippen LogP contribution in [0.1, 0.15) is 19.3 Å². The van der Waals surface area contributed by atoms with Crippen LogP contribution in [0, 0.1) is 0 Å². The lowest BCUT2D eigenvalue weighted by atomic mass is 10.0. The lowest BCUT2D eigenvalue weighted by Gasteiger charge is -2.21. The molecule has 2 heterocycles. The first-order chi connectivity index (χ1) is 7.25. The van der Waals surface area contributed by atoms with Gasteiger partial charge in [0, 0.05) is 19.3 Å². The predicted octanol–water partition coefficient (Wildman–Crippen LogP) is 0.501. The lowest BCUT2D eigenvalue weighted by Crippen LogP contribution is -2.43. The third kappa shape index (κ3) is 2.56. The van der Waals surface area contributed by atoms with E-state index in [9.17, 15) is 4.79 Å². The van der Waals surface area contributed by atoms with Gasteiger partial charge in [0.2, 0.25) is 5.91 Å². The second-order valence-corrected chi connectivity index (χ2v) is 3.87. The fourth-order valence-electron chi connectivity index (χ4n) is 1.77. The summed E-state index contributed by atoms with van der Waals surface area (Å²) in [6.07, 6.45) is 5.00. The lowest BCUT2D eigenvalue weighted by molar-refractivity contribution is -0.118. The number of hydrogen-bond donors (Lipinski definition) is 2. The average molecular weight is 208 g/mol. The maximum atomic E-state index is 11.8.